The Labute approximate surface area is 108 Å². The highest BCUT2D eigenvalue weighted by Gasteiger charge is 2.12. The first kappa shape index (κ1) is 14.0. The van der Waals surface area contributed by atoms with E-state index >= 15 is 0 Å². The van der Waals surface area contributed by atoms with Gasteiger partial charge in [-0.1, -0.05) is 6.92 Å². The molecule has 0 fully saturated rings. The second-order valence-electron chi connectivity index (χ2n) is 3.42. The zero-order chi connectivity index (χ0) is 13.1. The number of anilines is 1. The van der Waals surface area contributed by atoms with Crippen molar-refractivity contribution in [2.75, 3.05) is 10.5 Å². The number of carbonyl (C=O) groups is 1. The Morgan fingerprint density at radius 1 is 1.47 bits per heavy atom. The number of carboxylic acid groups (broad SMARTS) is 1. The number of benzene rings is 1. The lowest BCUT2D eigenvalue weighted by Gasteiger charge is -2.09. The molecule has 1 aromatic rings. The molecule has 5 nitrogen and oxygen atoms in total. The van der Waals surface area contributed by atoms with E-state index in [1.165, 1.54) is 18.2 Å². The van der Waals surface area contributed by atoms with Crippen LogP contribution in [0.15, 0.2) is 22.7 Å². The Bertz CT molecular complexity index is 527. The normalized spacial score (nSPS) is 11.2. The summed E-state index contributed by atoms with van der Waals surface area (Å²) in [6.07, 6.45) is 0.514. The molecule has 0 heterocycles. The molecule has 0 atom stereocenters. The van der Waals surface area contributed by atoms with Crippen LogP contribution in [-0.2, 0) is 10.0 Å². The second-order valence-corrected chi connectivity index (χ2v) is 6.12. The van der Waals surface area contributed by atoms with Gasteiger partial charge in [0.1, 0.15) is 0 Å². The third-order valence-corrected chi connectivity index (χ3v) is 4.09. The minimum absolute atomic E-state index is 0.0279. The average molecular weight is 322 g/mol. The van der Waals surface area contributed by atoms with Crippen molar-refractivity contribution in [3.05, 3.63) is 28.2 Å². The van der Waals surface area contributed by atoms with Crippen LogP contribution in [0.1, 0.15) is 23.7 Å². The first-order valence-corrected chi connectivity index (χ1v) is 7.33. The molecule has 0 aliphatic heterocycles. The van der Waals surface area contributed by atoms with Gasteiger partial charge in [-0.15, -0.1) is 0 Å². The van der Waals surface area contributed by atoms with E-state index in [2.05, 4.69) is 20.7 Å². The van der Waals surface area contributed by atoms with Gasteiger partial charge in [0.2, 0.25) is 10.0 Å². The number of halogens is 1. The van der Waals surface area contributed by atoms with E-state index in [4.69, 9.17) is 5.11 Å². The SMILES string of the molecule is CCCS(=O)(=O)Nc1ccc(C(=O)O)cc1Br. The highest BCUT2D eigenvalue weighted by atomic mass is 79.9. The molecule has 0 spiro atoms. The van der Waals surface area contributed by atoms with Crippen LogP contribution in [0, 0.1) is 0 Å². The fraction of sp³-hybridized carbons (Fsp3) is 0.300. The van der Waals surface area contributed by atoms with Gasteiger partial charge in [-0.3, -0.25) is 4.72 Å². The van der Waals surface area contributed by atoms with Crippen molar-refractivity contribution in [2.45, 2.75) is 13.3 Å². The van der Waals surface area contributed by atoms with Crippen LogP contribution in [0.5, 0.6) is 0 Å². The zero-order valence-corrected chi connectivity index (χ0v) is 11.5. The molecule has 0 amide bonds. The number of hydrogen-bond acceptors (Lipinski definition) is 3. The van der Waals surface area contributed by atoms with Crippen LogP contribution in [0.2, 0.25) is 0 Å². The van der Waals surface area contributed by atoms with Crippen molar-refractivity contribution in [3.8, 4) is 0 Å². The first-order valence-electron chi connectivity index (χ1n) is 4.89. The van der Waals surface area contributed by atoms with E-state index in [1.54, 1.807) is 6.92 Å². The van der Waals surface area contributed by atoms with E-state index in [9.17, 15) is 13.2 Å². The van der Waals surface area contributed by atoms with Gasteiger partial charge in [-0.2, -0.15) is 0 Å². The van der Waals surface area contributed by atoms with Crippen LogP contribution in [0.3, 0.4) is 0 Å². The molecule has 17 heavy (non-hydrogen) atoms. The van der Waals surface area contributed by atoms with Crippen LogP contribution in [0.25, 0.3) is 0 Å². The minimum Gasteiger partial charge on any atom is -0.478 e. The highest BCUT2D eigenvalue weighted by molar-refractivity contribution is 9.10. The van der Waals surface area contributed by atoms with E-state index in [-0.39, 0.29) is 11.3 Å². The number of carboxylic acids is 1. The van der Waals surface area contributed by atoms with E-state index in [0.29, 0.717) is 16.6 Å². The van der Waals surface area contributed by atoms with Crippen molar-refractivity contribution in [3.63, 3.8) is 0 Å². The van der Waals surface area contributed by atoms with Gasteiger partial charge in [-0.05, 0) is 40.5 Å². The summed E-state index contributed by atoms with van der Waals surface area (Å²) in [7, 11) is -3.37. The molecule has 94 valence electrons. The molecule has 2 N–H and O–H groups in total. The summed E-state index contributed by atoms with van der Waals surface area (Å²) in [5.41, 5.74) is 0.429. The molecule has 0 bridgehead atoms. The predicted octanol–water partition coefficient (Wildman–Crippen LogP) is 2.30. The lowest BCUT2D eigenvalue weighted by molar-refractivity contribution is 0.0697. The van der Waals surface area contributed by atoms with Gasteiger partial charge in [-0.25, -0.2) is 13.2 Å². The summed E-state index contributed by atoms with van der Waals surface area (Å²) in [6, 6.07) is 4.11. The zero-order valence-electron chi connectivity index (χ0n) is 9.10. The molecule has 0 saturated heterocycles. The number of aromatic carboxylic acids is 1. The maximum atomic E-state index is 11.5. The summed E-state index contributed by atoms with van der Waals surface area (Å²) in [5, 5.41) is 8.76. The van der Waals surface area contributed by atoms with Crippen LogP contribution >= 0.6 is 15.9 Å². The number of rotatable bonds is 5. The Balaban J connectivity index is 2.98. The van der Waals surface area contributed by atoms with E-state index in [1.807, 2.05) is 0 Å². The Morgan fingerprint density at radius 2 is 2.12 bits per heavy atom. The molecule has 0 aromatic heterocycles. The predicted molar refractivity (Wildman–Crippen MR) is 68.8 cm³/mol. The highest BCUT2D eigenvalue weighted by Crippen LogP contribution is 2.24. The summed E-state index contributed by atoms with van der Waals surface area (Å²) in [5.74, 6) is -1.03. The molecule has 0 unspecified atom stereocenters. The molecule has 7 heteroatoms. The van der Waals surface area contributed by atoms with Crippen molar-refractivity contribution in [1.82, 2.24) is 0 Å². The van der Waals surface area contributed by atoms with Crippen LogP contribution in [-0.4, -0.2) is 25.2 Å². The topological polar surface area (TPSA) is 83.5 Å². The molecular formula is C10H12BrNO4S. The maximum Gasteiger partial charge on any atom is 0.335 e. The largest absolute Gasteiger partial charge is 0.478 e. The van der Waals surface area contributed by atoms with E-state index in [0.717, 1.165) is 0 Å². The minimum atomic E-state index is -3.37. The lowest BCUT2D eigenvalue weighted by Crippen LogP contribution is -2.16. The third-order valence-electron chi connectivity index (χ3n) is 1.95. The Kier molecular flexibility index (Phi) is 4.53. The van der Waals surface area contributed by atoms with Crippen molar-refractivity contribution < 1.29 is 18.3 Å². The fourth-order valence-electron chi connectivity index (χ4n) is 1.22. The third kappa shape index (κ3) is 4.01. The molecule has 0 saturated carbocycles. The molecule has 0 aliphatic rings. The van der Waals surface area contributed by atoms with Crippen LogP contribution < -0.4 is 4.72 Å². The smallest absolute Gasteiger partial charge is 0.335 e. The summed E-state index contributed by atoms with van der Waals surface area (Å²) in [4.78, 5) is 10.7. The van der Waals surface area contributed by atoms with Gasteiger partial charge >= 0.3 is 5.97 Å². The summed E-state index contributed by atoms with van der Waals surface area (Å²) in [6.45, 7) is 1.77. The fourth-order valence-corrected chi connectivity index (χ4v) is 2.98. The maximum absolute atomic E-state index is 11.5. The van der Waals surface area contributed by atoms with Crippen molar-refractivity contribution in [2.24, 2.45) is 0 Å². The summed E-state index contributed by atoms with van der Waals surface area (Å²) >= 11 is 3.13. The van der Waals surface area contributed by atoms with Gasteiger partial charge in [0.15, 0.2) is 0 Å². The first-order chi connectivity index (χ1) is 7.85. The van der Waals surface area contributed by atoms with Gasteiger partial charge in [0, 0.05) is 4.47 Å². The lowest BCUT2D eigenvalue weighted by atomic mass is 10.2. The number of sulfonamides is 1. The van der Waals surface area contributed by atoms with Crippen molar-refractivity contribution >= 4 is 37.6 Å². The second kappa shape index (κ2) is 5.50. The molecule has 0 aliphatic carbocycles. The molecule has 1 aromatic carbocycles. The molecular weight excluding hydrogens is 310 g/mol. The molecule has 1 rings (SSSR count). The Morgan fingerprint density at radius 3 is 2.59 bits per heavy atom. The van der Waals surface area contributed by atoms with Gasteiger partial charge in [0.25, 0.3) is 0 Å². The van der Waals surface area contributed by atoms with Gasteiger partial charge in [0.05, 0.1) is 17.0 Å². The average Bonchev–Trinajstić information content (AvgIpc) is 2.20. The quantitative estimate of drug-likeness (QED) is 0.871. The molecule has 0 radical (unpaired) electrons. The monoisotopic (exact) mass is 321 g/mol. The van der Waals surface area contributed by atoms with Crippen LogP contribution in [0.4, 0.5) is 5.69 Å². The van der Waals surface area contributed by atoms with E-state index < -0.39 is 16.0 Å². The van der Waals surface area contributed by atoms with Crippen molar-refractivity contribution in [1.29, 1.82) is 0 Å². The number of hydrogen-bond donors (Lipinski definition) is 2. The Hall–Kier alpha value is -1.08. The standard InChI is InChI=1S/C10H12BrNO4S/c1-2-5-17(15,16)12-9-4-3-7(10(13)14)6-8(9)11/h3-4,6,12H,2,5H2,1H3,(H,13,14). The van der Waals surface area contributed by atoms with Gasteiger partial charge < -0.3 is 5.11 Å². The number of nitrogens with one attached hydrogen (secondary N) is 1. The summed E-state index contributed by atoms with van der Waals surface area (Å²) < 4.78 is 25.8.